The van der Waals surface area contributed by atoms with Crippen molar-refractivity contribution < 1.29 is 14.3 Å². The predicted octanol–water partition coefficient (Wildman–Crippen LogP) is 4.90. The number of para-hydroxylation sites is 2. The summed E-state index contributed by atoms with van der Waals surface area (Å²) < 4.78 is 11.7. The van der Waals surface area contributed by atoms with Crippen LogP contribution in [0, 0.1) is 6.92 Å². The summed E-state index contributed by atoms with van der Waals surface area (Å²) in [6.07, 6.45) is 0. The van der Waals surface area contributed by atoms with Gasteiger partial charge in [-0.1, -0.05) is 37.6 Å². The van der Waals surface area contributed by atoms with Crippen molar-refractivity contribution in [3.63, 3.8) is 0 Å². The first-order valence-corrected chi connectivity index (χ1v) is 11.0. The topological polar surface area (TPSA) is 42.0 Å². The van der Waals surface area contributed by atoms with Crippen LogP contribution in [0.5, 0.6) is 11.5 Å². The van der Waals surface area contributed by atoms with Gasteiger partial charge in [0.15, 0.2) is 6.61 Å². The smallest absolute Gasteiger partial charge is 0.260 e. The number of halogens is 1. The van der Waals surface area contributed by atoms with Crippen molar-refractivity contribution in [2.45, 2.75) is 33.6 Å². The first-order valence-electron chi connectivity index (χ1n) is 10.6. The maximum absolute atomic E-state index is 12.7. The summed E-state index contributed by atoms with van der Waals surface area (Å²) >= 11 is 6.27. The minimum atomic E-state index is 0.00931. The molecule has 0 atom stereocenters. The van der Waals surface area contributed by atoms with Crippen LogP contribution < -0.4 is 14.4 Å². The van der Waals surface area contributed by atoms with Crippen molar-refractivity contribution in [3.8, 4) is 11.5 Å². The zero-order chi connectivity index (χ0) is 21.7. The molecule has 0 aliphatic carbocycles. The first-order chi connectivity index (χ1) is 14.4. The fourth-order valence-electron chi connectivity index (χ4n) is 3.67. The zero-order valence-electron chi connectivity index (χ0n) is 18.3. The van der Waals surface area contributed by atoms with Crippen LogP contribution in [-0.4, -0.2) is 50.2 Å². The molecule has 162 valence electrons. The number of carbonyl (C=O) groups excluding carboxylic acids is 1. The highest BCUT2D eigenvalue weighted by Gasteiger charge is 2.23. The molecule has 0 aromatic heterocycles. The number of hydrogen-bond acceptors (Lipinski definition) is 4. The third kappa shape index (κ3) is 5.20. The molecule has 0 saturated carbocycles. The van der Waals surface area contributed by atoms with Gasteiger partial charge in [-0.15, -0.1) is 0 Å². The lowest BCUT2D eigenvalue weighted by Gasteiger charge is -2.36. The zero-order valence-corrected chi connectivity index (χ0v) is 19.0. The van der Waals surface area contributed by atoms with Gasteiger partial charge in [-0.2, -0.15) is 0 Å². The molecule has 3 rings (SSSR count). The van der Waals surface area contributed by atoms with Gasteiger partial charge < -0.3 is 19.3 Å². The quantitative estimate of drug-likeness (QED) is 0.626. The summed E-state index contributed by atoms with van der Waals surface area (Å²) in [5.41, 5.74) is 3.06. The third-order valence-corrected chi connectivity index (χ3v) is 5.81. The molecule has 5 nitrogen and oxygen atoms in total. The van der Waals surface area contributed by atoms with Crippen LogP contribution in [0.1, 0.15) is 37.8 Å². The summed E-state index contributed by atoms with van der Waals surface area (Å²) in [5.74, 6) is 1.91. The fraction of sp³-hybridized carbons (Fsp3) is 0.458. The van der Waals surface area contributed by atoms with Gasteiger partial charge in [0.05, 0.1) is 12.3 Å². The van der Waals surface area contributed by atoms with Gasteiger partial charge in [-0.05, 0) is 55.2 Å². The van der Waals surface area contributed by atoms with E-state index in [-0.39, 0.29) is 18.4 Å². The van der Waals surface area contributed by atoms with Crippen LogP contribution >= 0.6 is 11.6 Å². The van der Waals surface area contributed by atoms with Crippen molar-refractivity contribution in [3.05, 3.63) is 52.5 Å². The van der Waals surface area contributed by atoms with Gasteiger partial charge in [-0.25, -0.2) is 0 Å². The summed E-state index contributed by atoms with van der Waals surface area (Å²) in [5, 5.41) is 0.723. The van der Waals surface area contributed by atoms with E-state index < -0.39 is 0 Å². The molecule has 1 heterocycles. The lowest BCUT2D eigenvalue weighted by molar-refractivity contribution is -0.133. The summed E-state index contributed by atoms with van der Waals surface area (Å²) in [4.78, 5) is 16.9. The van der Waals surface area contributed by atoms with Gasteiger partial charge in [0.25, 0.3) is 5.91 Å². The van der Waals surface area contributed by atoms with E-state index in [1.165, 1.54) is 0 Å². The Hall–Kier alpha value is -2.40. The lowest BCUT2D eigenvalue weighted by atomic mass is 10.0. The molecule has 2 aromatic rings. The molecule has 1 fully saturated rings. The lowest BCUT2D eigenvalue weighted by Crippen LogP contribution is -2.50. The second-order valence-electron chi connectivity index (χ2n) is 7.85. The molecule has 0 bridgehead atoms. The number of amides is 1. The fourth-order valence-corrected chi connectivity index (χ4v) is 3.84. The third-order valence-electron chi connectivity index (χ3n) is 5.40. The summed E-state index contributed by atoms with van der Waals surface area (Å²) in [6, 6.07) is 11.9. The molecule has 2 aromatic carbocycles. The maximum atomic E-state index is 12.7. The largest absolute Gasteiger partial charge is 0.492 e. The highest BCUT2D eigenvalue weighted by molar-refractivity contribution is 6.31. The van der Waals surface area contributed by atoms with E-state index in [4.69, 9.17) is 21.1 Å². The van der Waals surface area contributed by atoms with Crippen LogP contribution in [0.15, 0.2) is 36.4 Å². The average molecular weight is 431 g/mol. The number of benzene rings is 2. The van der Waals surface area contributed by atoms with E-state index in [2.05, 4.69) is 24.8 Å². The Morgan fingerprint density at radius 3 is 2.43 bits per heavy atom. The summed E-state index contributed by atoms with van der Waals surface area (Å²) in [6.45, 7) is 11.7. The van der Waals surface area contributed by atoms with Crippen LogP contribution in [0.25, 0.3) is 0 Å². The Bertz CT molecular complexity index is 877. The number of anilines is 1. The van der Waals surface area contributed by atoms with E-state index >= 15 is 0 Å². The van der Waals surface area contributed by atoms with Gasteiger partial charge in [0, 0.05) is 31.2 Å². The van der Waals surface area contributed by atoms with Gasteiger partial charge >= 0.3 is 0 Å². The van der Waals surface area contributed by atoms with Crippen LogP contribution in [0.3, 0.4) is 0 Å². The van der Waals surface area contributed by atoms with Crippen molar-refractivity contribution in [1.29, 1.82) is 0 Å². The van der Waals surface area contributed by atoms with Crippen LogP contribution in [0.2, 0.25) is 5.02 Å². The second kappa shape index (κ2) is 10.1. The van der Waals surface area contributed by atoms with Crippen molar-refractivity contribution in [2.24, 2.45) is 0 Å². The molecule has 0 spiro atoms. The Morgan fingerprint density at radius 2 is 1.77 bits per heavy atom. The Labute approximate surface area is 184 Å². The van der Waals surface area contributed by atoms with Crippen LogP contribution in [0.4, 0.5) is 5.69 Å². The van der Waals surface area contributed by atoms with Crippen molar-refractivity contribution >= 4 is 23.2 Å². The van der Waals surface area contributed by atoms with E-state index in [0.29, 0.717) is 19.7 Å². The van der Waals surface area contributed by atoms with Crippen molar-refractivity contribution in [2.75, 3.05) is 44.3 Å². The predicted molar refractivity (Wildman–Crippen MR) is 122 cm³/mol. The van der Waals surface area contributed by atoms with Gasteiger partial charge in [0.2, 0.25) is 0 Å². The molecule has 1 saturated heterocycles. The molecule has 0 unspecified atom stereocenters. The summed E-state index contributed by atoms with van der Waals surface area (Å²) in [7, 11) is 0. The first kappa shape index (κ1) is 22.3. The molecule has 1 aliphatic heterocycles. The molecular formula is C24H31ClN2O3. The van der Waals surface area contributed by atoms with E-state index in [1.807, 2.05) is 49.1 Å². The van der Waals surface area contributed by atoms with E-state index in [0.717, 1.165) is 46.4 Å². The number of aryl methyl sites for hydroxylation is 1. The molecule has 0 N–H and O–H groups in total. The maximum Gasteiger partial charge on any atom is 0.260 e. The highest BCUT2D eigenvalue weighted by Crippen LogP contribution is 2.32. The Kier molecular flexibility index (Phi) is 7.48. The second-order valence-corrected chi connectivity index (χ2v) is 8.26. The van der Waals surface area contributed by atoms with Crippen LogP contribution in [-0.2, 0) is 4.79 Å². The molecule has 1 aliphatic rings. The Balaban J connectivity index is 1.59. The normalized spacial score (nSPS) is 14.2. The van der Waals surface area contributed by atoms with E-state index in [9.17, 15) is 4.79 Å². The molecule has 30 heavy (non-hydrogen) atoms. The Morgan fingerprint density at radius 1 is 1.07 bits per heavy atom. The number of piperazine rings is 1. The standard InChI is InChI=1S/C24H31ClN2O3/c1-5-29-22-9-7-6-8-21(22)26-10-12-27(13-11-26)24(28)16-30-23-14-18(4)20(25)15-19(23)17(2)3/h6-9,14-15,17H,5,10-13,16H2,1-4H3. The minimum Gasteiger partial charge on any atom is -0.492 e. The van der Waals surface area contributed by atoms with E-state index in [1.54, 1.807) is 0 Å². The molecule has 1 amide bonds. The molecular weight excluding hydrogens is 400 g/mol. The highest BCUT2D eigenvalue weighted by atomic mass is 35.5. The number of hydrogen-bond donors (Lipinski definition) is 0. The van der Waals surface area contributed by atoms with Crippen molar-refractivity contribution in [1.82, 2.24) is 4.90 Å². The SMILES string of the molecule is CCOc1ccccc1N1CCN(C(=O)COc2cc(C)c(Cl)cc2C(C)C)CC1. The number of nitrogens with zero attached hydrogens (tertiary/aromatic N) is 2. The monoisotopic (exact) mass is 430 g/mol. The van der Waals surface area contributed by atoms with Gasteiger partial charge in [0.1, 0.15) is 11.5 Å². The number of rotatable bonds is 7. The molecule has 0 radical (unpaired) electrons. The average Bonchev–Trinajstić information content (AvgIpc) is 2.74. The number of ether oxygens (including phenoxy) is 2. The number of carbonyl (C=O) groups is 1. The molecule has 6 heteroatoms. The minimum absolute atomic E-state index is 0.00931. The van der Waals surface area contributed by atoms with Gasteiger partial charge in [-0.3, -0.25) is 4.79 Å².